The van der Waals surface area contributed by atoms with E-state index in [0.717, 1.165) is 72.0 Å². The molecule has 2 fully saturated rings. The molecule has 2 heterocycles. The molecule has 258 valence electrons. The molecule has 3 N–H and O–H groups in total. The van der Waals surface area contributed by atoms with Crippen LogP contribution in [0.2, 0.25) is 0 Å². The Balaban J connectivity index is 0.00000221. The Labute approximate surface area is 285 Å². The summed E-state index contributed by atoms with van der Waals surface area (Å²) in [5, 5.41) is 0.305. The summed E-state index contributed by atoms with van der Waals surface area (Å²) in [6.07, 6.45) is 13.9. The molecule has 1 aromatic heterocycles. The molecule has 0 radical (unpaired) electrons. The van der Waals surface area contributed by atoms with Crippen LogP contribution < -0.4 is 15.2 Å². The fourth-order valence-corrected chi connectivity index (χ4v) is 8.50. The molecule has 3 atom stereocenters. The van der Waals surface area contributed by atoms with Gasteiger partial charge in [-0.3, -0.25) is 9.59 Å². The van der Waals surface area contributed by atoms with Crippen LogP contribution in [-0.2, 0) is 21.4 Å². The maximum absolute atomic E-state index is 14.6. The van der Waals surface area contributed by atoms with E-state index in [-0.39, 0.29) is 23.4 Å². The van der Waals surface area contributed by atoms with Gasteiger partial charge in [-0.05, 0) is 94.0 Å². The van der Waals surface area contributed by atoms with Crippen molar-refractivity contribution in [1.82, 2.24) is 14.2 Å². The summed E-state index contributed by atoms with van der Waals surface area (Å²) in [7, 11) is 1.17. The third kappa shape index (κ3) is 6.12. The first-order valence-corrected chi connectivity index (χ1v) is 18.7. The highest BCUT2D eigenvalue weighted by atomic mass is 32.2. The number of carbonyl (C=O) groups is 2. The molecule has 48 heavy (non-hydrogen) atoms. The van der Waals surface area contributed by atoms with Crippen molar-refractivity contribution in [2.24, 2.45) is 11.1 Å². The quantitative estimate of drug-likeness (QED) is 0.262. The second-order valence-electron chi connectivity index (χ2n) is 13.7. The van der Waals surface area contributed by atoms with Gasteiger partial charge in [0.05, 0.1) is 29.5 Å². The Hall–Kier alpha value is -3.81. The number of methoxy groups -OCH3 is 1. The van der Waals surface area contributed by atoms with Gasteiger partial charge in [-0.1, -0.05) is 44.6 Å². The van der Waals surface area contributed by atoms with E-state index in [4.69, 9.17) is 11.2 Å². The van der Waals surface area contributed by atoms with Crippen molar-refractivity contribution in [2.75, 3.05) is 21.2 Å². The van der Waals surface area contributed by atoms with Crippen LogP contribution in [0.15, 0.2) is 36.4 Å². The summed E-state index contributed by atoms with van der Waals surface area (Å²) in [5.74, 6) is 3.29. The summed E-state index contributed by atoms with van der Waals surface area (Å²) < 4.78 is 35.4. The molecule has 2 amide bonds. The van der Waals surface area contributed by atoms with Crippen LogP contribution >= 0.6 is 0 Å². The van der Waals surface area contributed by atoms with Gasteiger partial charge < -0.3 is 19.9 Å². The largest absolute Gasteiger partial charge is 0.497 e. The van der Waals surface area contributed by atoms with Crippen molar-refractivity contribution in [1.29, 1.82) is 0 Å². The molecule has 3 aromatic rings. The number of sulfonamides is 1. The number of nitrogens with two attached hydrogens (primary N) is 1. The summed E-state index contributed by atoms with van der Waals surface area (Å²) in [6.45, 7) is 5.59. The standard InChI is InChI=1S/C37H45N3O5S.CH5N/c1-7-12-26(8-2)39(5)36(42)37-21-31(37)30-20-27(45-6)16-18-28(30)34-33(24-13-10-9-11-14-24)29-17-15-25(19-32(29)40(34)22-37)35(41)38-46(43,44)23(3)4;1-2/h2,15-20,23-24,26,31H,7,9-14,21-22H2,1,3-6H3,(H,38,41);2H2,1H3. The monoisotopic (exact) mass is 674 g/mol. The van der Waals surface area contributed by atoms with Crippen LogP contribution in [0.5, 0.6) is 5.75 Å². The average molecular weight is 675 g/mol. The first-order valence-electron chi connectivity index (χ1n) is 17.2. The zero-order valence-corrected chi connectivity index (χ0v) is 30.0. The summed E-state index contributed by atoms with van der Waals surface area (Å²) >= 11 is 0. The fourth-order valence-electron chi connectivity index (χ4n) is 7.88. The zero-order valence-electron chi connectivity index (χ0n) is 29.1. The molecular formula is C38H50N4O5S. The SMILES string of the molecule is C#CC(CCC)N(C)C(=O)C12CC1c1cc(OC)ccc1-c1c(C3CCCCC3)c3ccc(C(=O)NS(=O)(=O)C(C)C)cc3n1C2.CN. The van der Waals surface area contributed by atoms with Gasteiger partial charge in [0.2, 0.25) is 15.9 Å². The highest BCUT2D eigenvalue weighted by Crippen LogP contribution is 2.66. The number of aromatic nitrogens is 1. The minimum Gasteiger partial charge on any atom is -0.497 e. The van der Waals surface area contributed by atoms with Gasteiger partial charge in [-0.15, -0.1) is 6.42 Å². The lowest BCUT2D eigenvalue weighted by molar-refractivity contribution is -0.137. The van der Waals surface area contributed by atoms with Crippen LogP contribution in [0.25, 0.3) is 22.2 Å². The Morgan fingerprint density at radius 1 is 1.15 bits per heavy atom. The third-order valence-electron chi connectivity index (χ3n) is 10.6. The van der Waals surface area contributed by atoms with E-state index in [1.165, 1.54) is 19.0 Å². The van der Waals surface area contributed by atoms with E-state index in [9.17, 15) is 18.0 Å². The smallest absolute Gasteiger partial charge is 0.264 e. The lowest BCUT2D eigenvalue weighted by atomic mass is 9.81. The number of fused-ring (bicyclic) bond motifs is 7. The molecule has 0 saturated heterocycles. The van der Waals surface area contributed by atoms with Gasteiger partial charge in [-0.25, -0.2) is 13.1 Å². The normalized spacial score (nSPS) is 20.6. The molecule has 2 aliphatic carbocycles. The van der Waals surface area contributed by atoms with Gasteiger partial charge >= 0.3 is 0 Å². The number of hydrogen-bond donors (Lipinski definition) is 2. The predicted octanol–water partition coefficient (Wildman–Crippen LogP) is 6.16. The zero-order chi connectivity index (χ0) is 35.0. The van der Waals surface area contributed by atoms with E-state index >= 15 is 0 Å². The van der Waals surface area contributed by atoms with E-state index in [2.05, 4.69) is 40.0 Å². The lowest BCUT2D eigenvalue weighted by Crippen LogP contribution is -2.42. The second kappa shape index (κ2) is 14.0. The van der Waals surface area contributed by atoms with Crippen LogP contribution in [0.1, 0.15) is 105 Å². The molecule has 2 saturated carbocycles. The summed E-state index contributed by atoms with van der Waals surface area (Å²) in [6, 6.07) is 11.4. The van der Waals surface area contributed by atoms with Gasteiger partial charge in [-0.2, -0.15) is 0 Å². The Morgan fingerprint density at radius 2 is 1.85 bits per heavy atom. The number of ether oxygens (including phenoxy) is 1. The molecule has 0 spiro atoms. The maximum Gasteiger partial charge on any atom is 0.264 e. The van der Waals surface area contributed by atoms with E-state index in [1.54, 1.807) is 31.9 Å². The first-order chi connectivity index (χ1) is 23.0. The number of hydrogen-bond acceptors (Lipinski definition) is 6. The van der Waals surface area contributed by atoms with Crippen LogP contribution in [0.3, 0.4) is 0 Å². The molecular weight excluding hydrogens is 625 g/mol. The Kier molecular flexibility index (Phi) is 10.3. The van der Waals surface area contributed by atoms with Gasteiger partial charge in [0.1, 0.15) is 5.75 Å². The third-order valence-corrected chi connectivity index (χ3v) is 12.3. The minimum atomic E-state index is -3.81. The predicted molar refractivity (Wildman–Crippen MR) is 191 cm³/mol. The van der Waals surface area contributed by atoms with Crippen molar-refractivity contribution < 1.29 is 22.7 Å². The number of amides is 2. The van der Waals surface area contributed by atoms with Gasteiger partial charge in [0.15, 0.2) is 0 Å². The minimum absolute atomic E-state index is 0.00979. The van der Waals surface area contributed by atoms with Crippen LogP contribution in [0, 0.1) is 17.8 Å². The molecule has 10 heteroatoms. The van der Waals surface area contributed by atoms with Crippen LogP contribution in [0.4, 0.5) is 0 Å². The number of nitrogens with one attached hydrogen (secondary N) is 1. The number of carbonyl (C=O) groups excluding carboxylic acids is 2. The average Bonchev–Trinajstić information content (AvgIpc) is 3.77. The molecule has 6 rings (SSSR count). The Bertz CT molecular complexity index is 1850. The number of terminal acetylenes is 1. The van der Waals surface area contributed by atoms with E-state index in [0.29, 0.717) is 18.9 Å². The highest BCUT2D eigenvalue weighted by Gasteiger charge is 2.64. The number of benzene rings is 2. The van der Waals surface area contributed by atoms with Crippen molar-refractivity contribution >= 4 is 32.7 Å². The molecule has 0 bridgehead atoms. The van der Waals surface area contributed by atoms with E-state index in [1.807, 2.05) is 25.2 Å². The highest BCUT2D eigenvalue weighted by molar-refractivity contribution is 7.90. The fraction of sp³-hybridized carbons (Fsp3) is 0.526. The second-order valence-corrected chi connectivity index (χ2v) is 15.9. The van der Waals surface area contributed by atoms with Crippen molar-refractivity contribution in [2.45, 2.75) is 102 Å². The van der Waals surface area contributed by atoms with Crippen molar-refractivity contribution in [3.8, 4) is 29.4 Å². The van der Waals surface area contributed by atoms with Gasteiger partial charge in [0.25, 0.3) is 5.91 Å². The van der Waals surface area contributed by atoms with Gasteiger partial charge in [0, 0.05) is 41.5 Å². The molecule has 3 aliphatic rings. The molecule has 9 nitrogen and oxygen atoms in total. The lowest BCUT2D eigenvalue weighted by Gasteiger charge is -2.29. The van der Waals surface area contributed by atoms with Crippen LogP contribution in [-0.4, -0.2) is 62.2 Å². The number of rotatable bonds is 9. The summed E-state index contributed by atoms with van der Waals surface area (Å²) in [4.78, 5) is 29.7. The molecule has 3 unspecified atom stereocenters. The Morgan fingerprint density at radius 3 is 2.48 bits per heavy atom. The summed E-state index contributed by atoms with van der Waals surface area (Å²) in [5.41, 5.74) is 9.45. The first kappa shape index (κ1) is 35.5. The van der Waals surface area contributed by atoms with E-state index < -0.39 is 26.6 Å². The molecule has 2 aromatic carbocycles. The topological polar surface area (TPSA) is 124 Å². The maximum atomic E-state index is 14.6. The van der Waals surface area contributed by atoms with Crippen molar-refractivity contribution in [3.63, 3.8) is 0 Å². The molecule has 1 aliphatic heterocycles. The number of nitrogens with zero attached hydrogens (tertiary/aromatic N) is 2. The van der Waals surface area contributed by atoms with Crippen molar-refractivity contribution in [3.05, 3.63) is 53.1 Å².